The molecule has 1 amide bonds. The lowest BCUT2D eigenvalue weighted by Crippen LogP contribution is -2.26. The standard InChI is InChI=1S/C14H16N2O2/c1-11(18-2)14(17)15-12-6-5-7-13(10-12)16-8-3-4-9-16/h3-11H,1-2H3,(H,15,17)/t11-/m1/s1. The van der Waals surface area contributed by atoms with Crippen LogP contribution in [0.5, 0.6) is 0 Å². The van der Waals surface area contributed by atoms with Crippen molar-refractivity contribution in [3.05, 3.63) is 48.8 Å². The fraction of sp³-hybridized carbons (Fsp3) is 0.214. The smallest absolute Gasteiger partial charge is 0.253 e. The third-order valence-corrected chi connectivity index (χ3v) is 2.74. The molecule has 2 aromatic rings. The number of nitrogens with zero attached hydrogens (tertiary/aromatic N) is 1. The van der Waals surface area contributed by atoms with E-state index in [0.717, 1.165) is 11.4 Å². The number of methoxy groups -OCH3 is 1. The van der Waals surface area contributed by atoms with Crippen LogP contribution < -0.4 is 5.32 Å². The molecule has 94 valence electrons. The van der Waals surface area contributed by atoms with Crippen LogP contribution in [-0.4, -0.2) is 23.7 Å². The van der Waals surface area contributed by atoms with Gasteiger partial charge in [-0.15, -0.1) is 0 Å². The van der Waals surface area contributed by atoms with Gasteiger partial charge < -0.3 is 14.6 Å². The van der Waals surface area contributed by atoms with Crippen LogP contribution in [0.1, 0.15) is 6.92 Å². The molecule has 0 bridgehead atoms. The second kappa shape index (κ2) is 5.51. The predicted octanol–water partition coefficient (Wildman–Crippen LogP) is 2.45. The first-order valence-electron chi connectivity index (χ1n) is 5.78. The highest BCUT2D eigenvalue weighted by Crippen LogP contribution is 2.15. The van der Waals surface area contributed by atoms with Gasteiger partial charge >= 0.3 is 0 Å². The number of nitrogens with one attached hydrogen (secondary N) is 1. The Morgan fingerprint density at radius 2 is 2.00 bits per heavy atom. The molecule has 4 nitrogen and oxygen atoms in total. The topological polar surface area (TPSA) is 43.3 Å². The van der Waals surface area contributed by atoms with Crippen molar-refractivity contribution in [1.29, 1.82) is 0 Å². The average Bonchev–Trinajstić information content (AvgIpc) is 2.92. The van der Waals surface area contributed by atoms with Crippen molar-refractivity contribution in [2.45, 2.75) is 13.0 Å². The highest BCUT2D eigenvalue weighted by atomic mass is 16.5. The van der Waals surface area contributed by atoms with E-state index in [1.807, 2.05) is 53.4 Å². The van der Waals surface area contributed by atoms with Gasteiger partial charge in [0.25, 0.3) is 5.91 Å². The molecule has 0 radical (unpaired) electrons. The van der Waals surface area contributed by atoms with Crippen molar-refractivity contribution in [3.8, 4) is 5.69 Å². The summed E-state index contributed by atoms with van der Waals surface area (Å²) >= 11 is 0. The molecule has 1 heterocycles. The zero-order chi connectivity index (χ0) is 13.0. The summed E-state index contributed by atoms with van der Waals surface area (Å²) in [5, 5.41) is 2.82. The molecule has 0 saturated heterocycles. The van der Waals surface area contributed by atoms with Gasteiger partial charge in [0.05, 0.1) is 0 Å². The first-order valence-corrected chi connectivity index (χ1v) is 5.78. The third-order valence-electron chi connectivity index (χ3n) is 2.74. The van der Waals surface area contributed by atoms with E-state index in [-0.39, 0.29) is 5.91 Å². The summed E-state index contributed by atoms with van der Waals surface area (Å²) in [7, 11) is 1.51. The third kappa shape index (κ3) is 2.78. The van der Waals surface area contributed by atoms with Gasteiger partial charge in [0, 0.05) is 30.9 Å². The predicted molar refractivity (Wildman–Crippen MR) is 70.9 cm³/mol. The Balaban J connectivity index is 2.16. The Morgan fingerprint density at radius 1 is 1.28 bits per heavy atom. The monoisotopic (exact) mass is 244 g/mol. The fourth-order valence-electron chi connectivity index (χ4n) is 1.60. The van der Waals surface area contributed by atoms with Crippen molar-refractivity contribution < 1.29 is 9.53 Å². The lowest BCUT2D eigenvalue weighted by atomic mass is 10.2. The van der Waals surface area contributed by atoms with E-state index < -0.39 is 6.10 Å². The number of anilines is 1. The second-order valence-corrected chi connectivity index (χ2v) is 4.01. The van der Waals surface area contributed by atoms with Crippen molar-refractivity contribution in [1.82, 2.24) is 4.57 Å². The quantitative estimate of drug-likeness (QED) is 0.897. The number of ether oxygens (including phenoxy) is 1. The first kappa shape index (κ1) is 12.4. The van der Waals surface area contributed by atoms with Crippen LogP contribution in [0.4, 0.5) is 5.69 Å². The number of rotatable bonds is 4. The second-order valence-electron chi connectivity index (χ2n) is 4.01. The van der Waals surface area contributed by atoms with Gasteiger partial charge in [-0.2, -0.15) is 0 Å². The molecule has 0 aliphatic heterocycles. The molecule has 2 rings (SSSR count). The number of amides is 1. The molecule has 4 heteroatoms. The number of hydrogen-bond acceptors (Lipinski definition) is 2. The van der Waals surface area contributed by atoms with Gasteiger partial charge in [-0.05, 0) is 37.3 Å². The molecule has 1 aromatic heterocycles. The molecule has 0 fully saturated rings. The van der Waals surface area contributed by atoms with Crippen molar-refractivity contribution in [3.63, 3.8) is 0 Å². The Bertz CT molecular complexity index is 520. The number of carbonyl (C=O) groups is 1. The maximum Gasteiger partial charge on any atom is 0.253 e. The van der Waals surface area contributed by atoms with Gasteiger partial charge in [-0.3, -0.25) is 4.79 Å². The van der Waals surface area contributed by atoms with E-state index >= 15 is 0 Å². The van der Waals surface area contributed by atoms with Gasteiger partial charge in [-0.1, -0.05) is 6.07 Å². The summed E-state index contributed by atoms with van der Waals surface area (Å²) in [6.45, 7) is 1.71. The highest BCUT2D eigenvalue weighted by Gasteiger charge is 2.11. The van der Waals surface area contributed by atoms with E-state index in [9.17, 15) is 4.79 Å². The highest BCUT2D eigenvalue weighted by molar-refractivity contribution is 5.94. The molecule has 0 aliphatic rings. The SMILES string of the molecule is CO[C@H](C)C(=O)Nc1cccc(-n2cccc2)c1. The lowest BCUT2D eigenvalue weighted by Gasteiger charge is -2.11. The summed E-state index contributed by atoms with van der Waals surface area (Å²) in [4.78, 5) is 11.7. The summed E-state index contributed by atoms with van der Waals surface area (Å²) in [6.07, 6.45) is 3.46. The normalized spacial score (nSPS) is 12.1. The van der Waals surface area contributed by atoms with E-state index in [2.05, 4.69) is 5.32 Å². The van der Waals surface area contributed by atoms with Crippen molar-refractivity contribution in [2.24, 2.45) is 0 Å². The molecular formula is C14H16N2O2. The number of aromatic nitrogens is 1. The minimum atomic E-state index is -0.458. The first-order chi connectivity index (χ1) is 8.70. The molecule has 0 unspecified atom stereocenters. The van der Waals surface area contributed by atoms with E-state index in [1.54, 1.807) is 6.92 Å². The van der Waals surface area contributed by atoms with Gasteiger partial charge in [0.15, 0.2) is 0 Å². The molecule has 0 spiro atoms. The Labute approximate surface area is 106 Å². The Hall–Kier alpha value is -2.07. The van der Waals surface area contributed by atoms with Crippen LogP contribution in [0.3, 0.4) is 0 Å². The minimum absolute atomic E-state index is 0.151. The van der Waals surface area contributed by atoms with E-state index in [1.165, 1.54) is 7.11 Å². The Kier molecular flexibility index (Phi) is 3.79. The van der Waals surface area contributed by atoms with Crippen LogP contribution in [-0.2, 0) is 9.53 Å². The number of hydrogen-bond donors (Lipinski definition) is 1. The molecule has 0 aliphatic carbocycles. The van der Waals surface area contributed by atoms with E-state index in [0.29, 0.717) is 0 Å². The van der Waals surface area contributed by atoms with Gasteiger partial charge in [0.2, 0.25) is 0 Å². The summed E-state index contributed by atoms with van der Waals surface area (Å²) in [6, 6.07) is 11.6. The van der Waals surface area contributed by atoms with E-state index in [4.69, 9.17) is 4.74 Å². The zero-order valence-corrected chi connectivity index (χ0v) is 10.5. The summed E-state index contributed by atoms with van der Waals surface area (Å²) in [5.41, 5.74) is 1.76. The molecule has 1 aromatic carbocycles. The summed E-state index contributed by atoms with van der Waals surface area (Å²) in [5.74, 6) is -0.151. The lowest BCUT2D eigenvalue weighted by molar-refractivity contribution is -0.124. The number of benzene rings is 1. The molecule has 0 saturated carbocycles. The molecule has 18 heavy (non-hydrogen) atoms. The fourth-order valence-corrected chi connectivity index (χ4v) is 1.60. The molecular weight excluding hydrogens is 228 g/mol. The molecule has 1 atom stereocenters. The Morgan fingerprint density at radius 3 is 2.67 bits per heavy atom. The summed E-state index contributed by atoms with van der Waals surface area (Å²) < 4.78 is 6.95. The average molecular weight is 244 g/mol. The van der Waals surface area contributed by atoms with Crippen LogP contribution in [0, 0.1) is 0 Å². The van der Waals surface area contributed by atoms with Crippen LogP contribution in [0.25, 0.3) is 5.69 Å². The van der Waals surface area contributed by atoms with Gasteiger partial charge in [0.1, 0.15) is 6.10 Å². The largest absolute Gasteiger partial charge is 0.372 e. The number of carbonyl (C=O) groups excluding carboxylic acids is 1. The van der Waals surface area contributed by atoms with Crippen molar-refractivity contribution >= 4 is 11.6 Å². The zero-order valence-electron chi connectivity index (χ0n) is 10.5. The van der Waals surface area contributed by atoms with Crippen LogP contribution in [0.2, 0.25) is 0 Å². The maximum atomic E-state index is 11.7. The van der Waals surface area contributed by atoms with Crippen LogP contribution >= 0.6 is 0 Å². The maximum absolute atomic E-state index is 11.7. The minimum Gasteiger partial charge on any atom is -0.372 e. The molecule has 1 N–H and O–H groups in total. The van der Waals surface area contributed by atoms with Crippen molar-refractivity contribution in [2.75, 3.05) is 12.4 Å². The van der Waals surface area contributed by atoms with Crippen LogP contribution in [0.15, 0.2) is 48.8 Å². The van der Waals surface area contributed by atoms with Gasteiger partial charge in [-0.25, -0.2) is 0 Å².